The zero-order chi connectivity index (χ0) is 20.7. The highest BCUT2D eigenvalue weighted by Crippen LogP contribution is 2.46. The minimum absolute atomic E-state index is 0.331. The molecule has 5 nitrogen and oxygen atoms in total. The monoisotopic (exact) mass is 401 g/mol. The highest BCUT2D eigenvalue weighted by atomic mass is 16.5. The number of carbonyl (C=O) groups excluding carboxylic acids is 1. The first kappa shape index (κ1) is 22.0. The minimum Gasteiger partial charge on any atom is -0.377 e. The predicted molar refractivity (Wildman–Crippen MR) is 112 cm³/mol. The van der Waals surface area contributed by atoms with Gasteiger partial charge in [0.2, 0.25) is 5.91 Å². The van der Waals surface area contributed by atoms with E-state index in [1.54, 1.807) is 5.48 Å². The van der Waals surface area contributed by atoms with Crippen molar-refractivity contribution in [2.24, 2.45) is 17.3 Å². The van der Waals surface area contributed by atoms with Gasteiger partial charge >= 0.3 is 0 Å². The van der Waals surface area contributed by atoms with Crippen LogP contribution in [0.3, 0.4) is 0 Å². The van der Waals surface area contributed by atoms with Crippen LogP contribution in [-0.4, -0.2) is 29.9 Å². The summed E-state index contributed by atoms with van der Waals surface area (Å²) >= 11 is 0. The molecule has 4 atom stereocenters. The van der Waals surface area contributed by atoms with Crippen LogP contribution in [0.2, 0.25) is 0 Å². The largest absolute Gasteiger partial charge is 0.377 e. The number of nitrogens with one attached hydrogen (secondary N) is 1. The molecule has 5 heteroatoms. The van der Waals surface area contributed by atoms with Gasteiger partial charge in [-0.05, 0) is 55.9 Å². The molecule has 2 fully saturated rings. The number of hydrogen-bond acceptors (Lipinski definition) is 4. The molecular formula is C24H35NO4. The number of hydrogen-bond donors (Lipinski definition) is 2. The maximum absolute atomic E-state index is 11.6. The van der Waals surface area contributed by atoms with E-state index < -0.39 is 5.41 Å². The third kappa shape index (κ3) is 5.91. The maximum Gasteiger partial charge on any atom is 0.248 e. The summed E-state index contributed by atoms with van der Waals surface area (Å²) in [6, 6.07) is 10.3. The first-order valence-electron chi connectivity index (χ1n) is 10.9. The molecule has 2 saturated heterocycles. The Morgan fingerprint density at radius 1 is 1.21 bits per heavy atom. The number of amides is 1. The highest BCUT2D eigenvalue weighted by Gasteiger charge is 2.47. The first-order chi connectivity index (χ1) is 14.0. The molecule has 0 spiro atoms. The molecule has 160 valence electrons. The van der Waals surface area contributed by atoms with E-state index >= 15 is 0 Å². The zero-order valence-electron chi connectivity index (χ0n) is 17.7. The third-order valence-electron chi connectivity index (χ3n) is 6.52. The van der Waals surface area contributed by atoms with E-state index in [0.29, 0.717) is 37.1 Å². The second-order valence-electron chi connectivity index (χ2n) is 9.02. The van der Waals surface area contributed by atoms with E-state index in [-0.39, 0.29) is 5.91 Å². The summed E-state index contributed by atoms with van der Waals surface area (Å²) in [6.45, 7) is 5.14. The molecule has 3 rings (SSSR count). The van der Waals surface area contributed by atoms with Crippen molar-refractivity contribution in [2.45, 2.75) is 71.2 Å². The van der Waals surface area contributed by atoms with Gasteiger partial charge in [0.05, 0.1) is 18.8 Å². The van der Waals surface area contributed by atoms with Crippen molar-refractivity contribution in [3.05, 3.63) is 48.0 Å². The molecule has 0 saturated carbocycles. The van der Waals surface area contributed by atoms with Crippen molar-refractivity contribution in [3.63, 3.8) is 0 Å². The predicted octanol–water partition coefficient (Wildman–Crippen LogP) is 4.65. The lowest BCUT2D eigenvalue weighted by Gasteiger charge is -2.27. The van der Waals surface area contributed by atoms with Gasteiger partial charge in [-0.3, -0.25) is 10.0 Å². The lowest BCUT2D eigenvalue weighted by Crippen LogP contribution is -2.34. The fourth-order valence-electron chi connectivity index (χ4n) is 4.66. The number of benzene rings is 1. The Balaban J connectivity index is 1.41. The van der Waals surface area contributed by atoms with Crippen LogP contribution in [-0.2, 0) is 20.9 Å². The Bertz CT molecular complexity index is 673. The molecule has 1 amide bonds. The summed E-state index contributed by atoms with van der Waals surface area (Å²) in [5, 5.41) is 8.82. The van der Waals surface area contributed by atoms with Gasteiger partial charge in [0.1, 0.15) is 0 Å². The lowest BCUT2D eigenvalue weighted by molar-refractivity contribution is -0.138. The van der Waals surface area contributed by atoms with Gasteiger partial charge in [-0.25, -0.2) is 5.48 Å². The summed E-state index contributed by atoms with van der Waals surface area (Å²) in [7, 11) is 0. The van der Waals surface area contributed by atoms with Crippen LogP contribution in [0, 0.1) is 17.3 Å². The Morgan fingerprint density at radius 2 is 1.93 bits per heavy atom. The standard InChI is InChI=1S/C24H35NO4/c1-24(2,23(26)25-27)15-8-4-7-11-19-20(22-13-12-21(19)29-22)14-16-28-17-18-9-5-3-6-10-18/h3-7,9-10,19-22,27H,8,11-17H2,1-2H3,(H,25,26)/b7-4-/t19-,20+,21-,22+/m1/s1. The van der Waals surface area contributed by atoms with Crippen molar-refractivity contribution in [2.75, 3.05) is 6.61 Å². The summed E-state index contributed by atoms with van der Waals surface area (Å²) in [6.07, 6.45) is 11.2. The van der Waals surface area contributed by atoms with Gasteiger partial charge in [-0.2, -0.15) is 0 Å². The molecule has 2 heterocycles. The number of carbonyl (C=O) groups is 1. The third-order valence-corrected chi connectivity index (χ3v) is 6.52. The summed E-state index contributed by atoms with van der Waals surface area (Å²) in [5.74, 6) is 0.813. The summed E-state index contributed by atoms with van der Waals surface area (Å²) in [5.41, 5.74) is 2.41. The number of rotatable bonds is 11. The Morgan fingerprint density at radius 3 is 2.66 bits per heavy atom. The van der Waals surface area contributed by atoms with E-state index in [1.165, 1.54) is 18.4 Å². The van der Waals surface area contributed by atoms with E-state index in [0.717, 1.165) is 25.9 Å². The van der Waals surface area contributed by atoms with E-state index in [1.807, 2.05) is 32.0 Å². The Hall–Kier alpha value is -1.69. The number of allylic oxidation sites excluding steroid dienone is 2. The number of hydroxylamine groups is 1. The lowest BCUT2D eigenvalue weighted by atomic mass is 9.76. The smallest absolute Gasteiger partial charge is 0.248 e. The minimum atomic E-state index is -0.562. The molecule has 1 aromatic carbocycles. The van der Waals surface area contributed by atoms with E-state index in [9.17, 15) is 4.79 Å². The molecule has 2 bridgehead atoms. The second-order valence-corrected chi connectivity index (χ2v) is 9.02. The number of ether oxygens (including phenoxy) is 2. The van der Waals surface area contributed by atoms with Crippen molar-refractivity contribution in [3.8, 4) is 0 Å². The SMILES string of the molecule is CC(C)(CC/C=C\C[C@@H]1[C@H](CCOCc2ccccc2)[C@@H]2CC[C@H]1O2)C(=O)NO. The molecule has 2 aliphatic rings. The van der Waals surface area contributed by atoms with Crippen LogP contribution in [0.4, 0.5) is 0 Å². The molecule has 0 aromatic heterocycles. The maximum atomic E-state index is 11.6. The van der Waals surface area contributed by atoms with Crippen LogP contribution >= 0.6 is 0 Å². The van der Waals surface area contributed by atoms with E-state index in [2.05, 4.69) is 24.3 Å². The average molecular weight is 402 g/mol. The van der Waals surface area contributed by atoms with Gasteiger partial charge in [0.15, 0.2) is 0 Å². The van der Waals surface area contributed by atoms with Crippen molar-refractivity contribution >= 4 is 5.91 Å². The molecule has 0 unspecified atom stereocenters. The Labute approximate surface area is 174 Å². The molecule has 29 heavy (non-hydrogen) atoms. The van der Waals surface area contributed by atoms with Crippen molar-refractivity contribution in [1.82, 2.24) is 5.48 Å². The fourth-order valence-corrected chi connectivity index (χ4v) is 4.66. The summed E-state index contributed by atoms with van der Waals surface area (Å²) in [4.78, 5) is 11.6. The zero-order valence-corrected chi connectivity index (χ0v) is 17.7. The van der Waals surface area contributed by atoms with Gasteiger partial charge < -0.3 is 9.47 Å². The van der Waals surface area contributed by atoms with Crippen LogP contribution in [0.25, 0.3) is 0 Å². The summed E-state index contributed by atoms with van der Waals surface area (Å²) < 4.78 is 12.1. The van der Waals surface area contributed by atoms with Gasteiger partial charge in [-0.1, -0.05) is 56.3 Å². The van der Waals surface area contributed by atoms with Crippen LogP contribution in [0.1, 0.15) is 57.9 Å². The quantitative estimate of drug-likeness (QED) is 0.245. The molecule has 0 aliphatic carbocycles. The van der Waals surface area contributed by atoms with Gasteiger partial charge in [0.25, 0.3) is 0 Å². The van der Waals surface area contributed by atoms with Crippen molar-refractivity contribution in [1.29, 1.82) is 0 Å². The molecular weight excluding hydrogens is 366 g/mol. The van der Waals surface area contributed by atoms with Gasteiger partial charge in [-0.15, -0.1) is 0 Å². The topological polar surface area (TPSA) is 67.8 Å². The Kier molecular flexibility index (Phi) is 7.87. The van der Waals surface area contributed by atoms with Crippen LogP contribution in [0.15, 0.2) is 42.5 Å². The van der Waals surface area contributed by atoms with Crippen LogP contribution in [0.5, 0.6) is 0 Å². The fraction of sp³-hybridized carbons (Fsp3) is 0.625. The molecule has 1 aromatic rings. The second kappa shape index (κ2) is 10.4. The number of fused-ring (bicyclic) bond motifs is 2. The molecule has 2 N–H and O–H groups in total. The highest BCUT2D eigenvalue weighted by molar-refractivity contribution is 5.80. The molecule has 0 radical (unpaired) electrons. The van der Waals surface area contributed by atoms with Crippen LogP contribution < -0.4 is 5.48 Å². The average Bonchev–Trinajstić information content (AvgIpc) is 3.33. The first-order valence-corrected chi connectivity index (χ1v) is 10.9. The van der Waals surface area contributed by atoms with E-state index in [4.69, 9.17) is 14.7 Å². The normalized spacial score (nSPS) is 26.3. The molecule has 2 aliphatic heterocycles. The van der Waals surface area contributed by atoms with Crippen molar-refractivity contribution < 1.29 is 19.5 Å². The van der Waals surface area contributed by atoms with Gasteiger partial charge in [0, 0.05) is 12.0 Å².